The minimum Gasteiger partial charge on any atom is -0.456 e. The predicted octanol–water partition coefficient (Wildman–Crippen LogP) is 12.2. The molecule has 9 aromatic rings. The molecule has 1 aliphatic heterocycles. The number of nitrogens with zero attached hydrogens (tertiary/aromatic N) is 1. The molecule has 0 saturated carbocycles. The summed E-state index contributed by atoms with van der Waals surface area (Å²) in [6, 6.07) is 58.9. The number of rotatable bonds is 3. The second-order valence-corrected chi connectivity index (χ2v) is 12.1. The van der Waals surface area contributed by atoms with Crippen LogP contribution in [0.4, 0.5) is 0 Å². The van der Waals surface area contributed by atoms with E-state index in [9.17, 15) is 0 Å². The van der Waals surface area contributed by atoms with Gasteiger partial charge in [-0.15, -0.1) is 0 Å². The third-order valence-electron chi connectivity index (χ3n) is 9.62. The SMILES string of the molecule is c1ccc(-n2c3ccccc3c3c4cccc(-c5ccc(-c6ccc7c8c(cccc68)-c6ccccc6O7)cc5)c4ccc32)cc1. The summed E-state index contributed by atoms with van der Waals surface area (Å²) in [5.41, 5.74) is 10.8. The van der Waals surface area contributed by atoms with Gasteiger partial charge in [0.2, 0.25) is 0 Å². The van der Waals surface area contributed by atoms with Gasteiger partial charge in [-0.3, -0.25) is 0 Å². The summed E-state index contributed by atoms with van der Waals surface area (Å²) >= 11 is 0. The molecule has 10 rings (SSSR count). The van der Waals surface area contributed by atoms with Crippen molar-refractivity contribution in [3.63, 3.8) is 0 Å². The number of aromatic nitrogens is 1. The number of para-hydroxylation sites is 3. The lowest BCUT2D eigenvalue weighted by molar-refractivity contribution is 0.487. The maximum Gasteiger partial charge on any atom is 0.135 e. The van der Waals surface area contributed by atoms with Crippen molar-refractivity contribution >= 4 is 43.4 Å². The summed E-state index contributed by atoms with van der Waals surface area (Å²) in [6.45, 7) is 0. The smallest absolute Gasteiger partial charge is 0.135 e. The van der Waals surface area contributed by atoms with Gasteiger partial charge >= 0.3 is 0 Å². The summed E-state index contributed by atoms with van der Waals surface area (Å²) < 4.78 is 8.72. The van der Waals surface area contributed by atoms with Crippen molar-refractivity contribution in [2.75, 3.05) is 0 Å². The topological polar surface area (TPSA) is 14.2 Å². The van der Waals surface area contributed by atoms with Crippen molar-refractivity contribution in [2.45, 2.75) is 0 Å². The van der Waals surface area contributed by atoms with Gasteiger partial charge in [0, 0.05) is 27.4 Å². The van der Waals surface area contributed by atoms with Crippen LogP contribution in [0.1, 0.15) is 0 Å². The van der Waals surface area contributed by atoms with Crippen LogP contribution in [0.5, 0.6) is 11.5 Å². The highest BCUT2D eigenvalue weighted by Crippen LogP contribution is 2.48. The maximum atomic E-state index is 6.34. The van der Waals surface area contributed by atoms with Gasteiger partial charge < -0.3 is 9.30 Å². The van der Waals surface area contributed by atoms with E-state index in [-0.39, 0.29) is 0 Å². The van der Waals surface area contributed by atoms with Gasteiger partial charge in [0.05, 0.1) is 11.0 Å². The zero-order valence-corrected chi connectivity index (χ0v) is 24.9. The van der Waals surface area contributed by atoms with Crippen molar-refractivity contribution in [3.05, 3.63) is 164 Å². The molecule has 0 N–H and O–H groups in total. The van der Waals surface area contributed by atoms with Crippen LogP contribution in [0.25, 0.3) is 82.4 Å². The number of hydrogen-bond acceptors (Lipinski definition) is 1. The minimum atomic E-state index is 0.914. The first-order valence-corrected chi connectivity index (χ1v) is 15.8. The Morgan fingerprint density at radius 1 is 0.326 bits per heavy atom. The Balaban J connectivity index is 1.12. The van der Waals surface area contributed by atoms with Crippen LogP contribution in [-0.4, -0.2) is 4.57 Å². The van der Waals surface area contributed by atoms with Gasteiger partial charge in [-0.1, -0.05) is 127 Å². The Morgan fingerprint density at radius 3 is 1.83 bits per heavy atom. The number of ether oxygens (including phenoxy) is 1. The maximum absolute atomic E-state index is 6.34. The molecule has 1 aromatic heterocycles. The fraction of sp³-hybridized carbons (Fsp3) is 0. The van der Waals surface area contributed by atoms with Gasteiger partial charge in [-0.05, 0) is 80.4 Å². The Morgan fingerprint density at radius 2 is 0.978 bits per heavy atom. The van der Waals surface area contributed by atoms with E-state index in [1.54, 1.807) is 0 Å². The van der Waals surface area contributed by atoms with Crippen molar-refractivity contribution in [2.24, 2.45) is 0 Å². The molecule has 0 bridgehead atoms. The summed E-state index contributed by atoms with van der Waals surface area (Å²) in [6.07, 6.45) is 0. The summed E-state index contributed by atoms with van der Waals surface area (Å²) in [5, 5.41) is 7.48. The Bertz CT molecular complexity index is 2650. The van der Waals surface area contributed by atoms with E-state index in [0.29, 0.717) is 0 Å². The van der Waals surface area contributed by atoms with Crippen molar-refractivity contribution in [3.8, 4) is 50.6 Å². The highest BCUT2D eigenvalue weighted by molar-refractivity contribution is 6.23. The van der Waals surface area contributed by atoms with Crippen LogP contribution in [0, 0.1) is 0 Å². The average Bonchev–Trinajstić information content (AvgIpc) is 3.47. The lowest BCUT2D eigenvalue weighted by Gasteiger charge is -2.22. The van der Waals surface area contributed by atoms with E-state index in [0.717, 1.165) is 17.1 Å². The van der Waals surface area contributed by atoms with Crippen molar-refractivity contribution < 1.29 is 4.74 Å². The number of benzene rings is 8. The second kappa shape index (κ2) is 9.69. The molecular formula is C44H27NO. The molecular weight excluding hydrogens is 558 g/mol. The third kappa shape index (κ3) is 3.59. The number of hydrogen-bond donors (Lipinski definition) is 0. The van der Waals surface area contributed by atoms with E-state index in [1.165, 1.54) is 76.9 Å². The van der Waals surface area contributed by atoms with Gasteiger partial charge in [0.25, 0.3) is 0 Å². The molecule has 0 amide bonds. The highest BCUT2D eigenvalue weighted by atomic mass is 16.5. The zero-order chi connectivity index (χ0) is 30.2. The fourth-order valence-electron chi connectivity index (χ4n) is 7.59. The monoisotopic (exact) mass is 585 g/mol. The zero-order valence-electron chi connectivity index (χ0n) is 24.9. The van der Waals surface area contributed by atoms with Gasteiger partial charge in [-0.25, -0.2) is 0 Å². The molecule has 2 heterocycles. The fourth-order valence-corrected chi connectivity index (χ4v) is 7.59. The molecule has 8 aromatic carbocycles. The summed E-state index contributed by atoms with van der Waals surface area (Å²) in [5.74, 6) is 1.83. The van der Waals surface area contributed by atoms with E-state index in [1.807, 2.05) is 12.1 Å². The molecule has 2 nitrogen and oxygen atoms in total. The Labute approximate surface area is 266 Å². The lowest BCUT2D eigenvalue weighted by atomic mass is 9.90. The molecule has 0 aliphatic carbocycles. The summed E-state index contributed by atoms with van der Waals surface area (Å²) in [7, 11) is 0. The molecule has 0 saturated heterocycles. The molecule has 0 radical (unpaired) electrons. The Kier molecular flexibility index (Phi) is 5.31. The Hall–Kier alpha value is -6.12. The first kappa shape index (κ1) is 25.2. The van der Waals surface area contributed by atoms with Crippen LogP contribution in [0.2, 0.25) is 0 Å². The molecule has 0 spiro atoms. The predicted molar refractivity (Wildman–Crippen MR) is 192 cm³/mol. The first-order valence-electron chi connectivity index (χ1n) is 15.8. The van der Waals surface area contributed by atoms with E-state index < -0.39 is 0 Å². The molecule has 0 fully saturated rings. The first-order chi connectivity index (χ1) is 22.8. The molecule has 0 atom stereocenters. The van der Waals surface area contributed by atoms with Crippen molar-refractivity contribution in [1.29, 1.82) is 0 Å². The standard InChI is InChI=1S/C44H27NO/c1-2-10-30(11-3-1)45-39-18-6-4-13-38(39)43-36-16-8-14-31(33(36)24-26-40(43)45)28-20-22-29(23-21-28)32-25-27-42-44-35(32)15-9-17-37(44)34-12-5-7-19-41(34)46-42/h1-27H. The van der Waals surface area contributed by atoms with E-state index in [2.05, 4.69) is 156 Å². The van der Waals surface area contributed by atoms with Crippen LogP contribution >= 0.6 is 0 Å². The number of fused-ring (bicyclic) bond motifs is 7. The highest BCUT2D eigenvalue weighted by Gasteiger charge is 2.21. The van der Waals surface area contributed by atoms with E-state index in [4.69, 9.17) is 4.74 Å². The minimum absolute atomic E-state index is 0.914. The van der Waals surface area contributed by atoms with Gasteiger partial charge in [0.1, 0.15) is 11.5 Å². The van der Waals surface area contributed by atoms with Crippen molar-refractivity contribution in [1.82, 2.24) is 4.57 Å². The average molecular weight is 586 g/mol. The third-order valence-corrected chi connectivity index (χ3v) is 9.62. The van der Waals surface area contributed by atoms with E-state index >= 15 is 0 Å². The molecule has 1 aliphatic rings. The molecule has 0 unspecified atom stereocenters. The van der Waals surface area contributed by atoms with Gasteiger partial charge in [0.15, 0.2) is 0 Å². The molecule has 214 valence electrons. The quantitative estimate of drug-likeness (QED) is 0.201. The van der Waals surface area contributed by atoms with Crippen LogP contribution in [0.3, 0.4) is 0 Å². The van der Waals surface area contributed by atoms with Crippen LogP contribution in [-0.2, 0) is 0 Å². The normalized spacial score (nSPS) is 12.1. The molecule has 2 heteroatoms. The lowest BCUT2D eigenvalue weighted by Crippen LogP contribution is -1.97. The van der Waals surface area contributed by atoms with Gasteiger partial charge in [-0.2, -0.15) is 0 Å². The second-order valence-electron chi connectivity index (χ2n) is 12.1. The summed E-state index contributed by atoms with van der Waals surface area (Å²) in [4.78, 5) is 0. The molecule has 46 heavy (non-hydrogen) atoms. The van der Waals surface area contributed by atoms with Crippen LogP contribution < -0.4 is 4.74 Å². The van der Waals surface area contributed by atoms with Crippen LogP contribution in [0.15, 0.2) is 164 Å². The largest absolute Gasteiger partial charge is 0.456 e.